The third-order valence-corrected chi connectivity index (χ3v) is 3.39. The van der Waals surface area contributed by atoms with Crippen LogP contribution >= 0.6 is 0 Å². The molecule has 0 saturated carbocycles. The van der Waals surface area contributed by atoms with Crippen LogP contribution < -0.4 is 5.32 Å². The highest BCUT2D eigenvalue weighted by Gasteiger charge is 2.32. The van der Waals surface area contributed by atoms with E-state index in [0.717, 1.165) is 0 Å². The first-order chi connectivity index (χ1) is 13.5. The van der Waals surface area contributed by atoms with Crippen LogP contribution in [-0.2, 0) is 43.0 Å². The van der Waals surface area contributed by atoms with Gasteiger partial charge in [0.1, 0.15) is 0 Å². The number of hydrogen-bond donors (Lipinski definition) is 1. The van der Waals surface area contributed by atoms with Gasteiger partial charge in [-0.15, -0.1) is 5.06 Å². The Morgan fingerprint density at radius 2 is 1.29 bits per heavy atom. The predicted molar refractivity (Wildman–Crippen MR) is 93.8 cm³/mol. The Morgan fingerprint density at radius 1 is 0.821 bits per heavy atom. The summed E-state index contributed by atoms with van der Waals surface area (Å²) in [5.41, 5.74) is 0. The molecule has 0 spiro atoms. The quantitative estimate of drug-likeness (QED) is 0.259. The zero-order valence-corrected chi connectivity index (χ0v) is 16.1. The second kappa shape index (κ2) is 14.9. The lowest BCUT2D eigenvalue weighted by Crippen LogP contribution is -2.32. The molecule has 0 radical (unpaired) electrons. The highest BCUT2D eigenvalue weighted by Crippen LogP contribution is 2.12. The molecule has 1 saturated heterocycles. The highest BCUT2D eigenvalue weighted by atomic mass is 16.7. The Balaban J connectivity index is 1.80. The molecule has 1 heterocycles. The molecule has 11 heteroatoms. The molecule has 160 valence electrons. The molecule has 0 atom stereocenters. The molecule has 0 aromatic carbocycles. The first-order valence-corrected chi connectivity index (χ1v) is 9.12. The van der Waals surface area contributed by atoms with Gasteiger partial charge in [-0.3, -0.25) is 14.4 Å². The van der Waals surface area contributed by atoms with Crippen molar-refractivity contribution in [1.29, 1.82) is 0 Å². The first kappa shape index (κ1) is 24.0. The fraction of sp³-hybridized carbons (Fsp3) is 0.765. The van der Waals surface area contributed by atoms with Crippen molar-refractivity contribution in [3.05, 3.63) is 0 Å². The number of amides is 3. The summed E-state index contributed by atoms with van der Waals surface area (Å²) in [6.07, 6.45) is 0.0622. The summed E-state index contributed by atoms with van der Waals surface area (Å²) < 4.78 is 21.1. The predicted octanol–water partition coefficient (Wildman–Crippen LogP) is -0.814. The molecule has 28 heavy (non-hydrogen) atoms. The van der Waals surface area contributed by atoms with E-state index < -0.39 is 17.8 Å². The van der Waals surface area contributed by atoms with E-state index in [1.165, 1.54) is 6.92 Å². The molecule has 0 aliphatic carbocycles. The van der Waals surface area contributed by atoms with Crippen molar-refractivity contribution >= 4 is 23.7 Å². The average Bonchev–Trinajstić information content (AvgIpc) is 2.96. The number of nitrogens with one attached hydrogen (secondary N) is 1. The van der Waals surface area contributed by atoms with Crippen molar-refractivity contribution in [3.63, 3.8) is 0 Å². The van der Waals surface area contributed by atoms with Gasteiger partial charge in [0.05, 0.1) is 59.3 Å². The van der Waals surface area contributed by atoms with Gasteiger partial charge in [0, 0.05) is 26.3 Å². The van der Waals surface area contributed by atoms with Crippen LogP contribution in [0.5, 0.6) is 0 Å². The van der Waals surface area contributed by atoms with Gasteiger partial charge in [-0.25, -0.2) is 4.79 Å². The van der Waals surface area contributed by atoms with Crippen LogP contribution in [0.15, 0.2) is 0 Å². The summed E-state index contributed by atoms with van der Waals surface area (Å²) in [5, 5.41) is 3.13. The Morgan fingerprint density at radius 3 is 1.79 bits per heavy atom. The number of ether oxygens (including phenoxy) is 4. The topological polar surface area (TPSA) is 130 Å². The maximum atomic E-state index is 11.5. The maximum Gasteiger partial charge on any atom is 0.335 e. The van der Waals surface area contributed by atoms with Crippen LogP contribution in [0, 0.1) is 0 Å². The Kier molecular flexibility index (Phi) is 12.8. The molecule has 0 aromatic rings. The zero-order valence-electron chi connectivity index (χ0n) is 16.1. The number of rotatable bonds is 16. The van der Waals surface area contributed by atoms with Crippen LogP contribution in [-0.4, -0.2) is 88.2 Å². The van der Waals surface area contributed by atoms with Crippen molar-refractivity contribution in [2.45, 2.75) is 26.2 Å². The van der Waals surface area contributed by atoms with Crippen LogP contribution in [0.25, 0.3) is 0 Å². The minimum absolute atomic E-state index is 0.0648. The molecule has 11 nitrogen and oxygen atoms in total. The van der Waals surface area contributed by atoms with E-state index in [4.69, 9.17) is 23.8 Å². The van der Waals surface area contributed by atoms with Gasteiger partial charge in [0.2, 0.25) is 5.91 Å². The monoisotopic (exact) mass is 404 g/mol. The van der Waals surface area contributed by atoms with Crippen LogP contribution in [0.2, 0.25) is 0 Å². The molecular weight excluding hydrogens is 376 g/mol. The molecule has 0 unspecified atom stereocenters. The molecule has 0 bridgehead atoms. The van der Waals surface area contributed by atoms with Crippen molar-refractivity contribution in [1.82, 2.24) is 10.4 Å². The molecule has 1 aliphatic heterocycles. The minimum atomic E-state index is -0.697. The van der Waals surface area contributed by atoms with Crippen LogP contribution in [0.3, 0.4) is 0 Å². The molecule has 0 aromatic heterocycles. The van der Waals surface area contributed by atoms with Crippen LogP contribution in [0.4, 0.5) is 0 Å². The first-order valence-electron chi connectivity index (χ1n) is 9.12. The van der Waals surface area contributed by atoms with Gasteiger partial charge < -0.3 is 29.1 Å². The zero-order chi connectivity index (χ0) is 20.6. The van der Waals surface area contributed by atoms with Crippen molar-refractivity contribution in [2.75, 3.05) is 59.4 Å². The fourth-order valence-corrected chi connectivity index (χ4v) is 2.02. The second-order valence-electron chi connectivity index (χ2n) is 5.73. The van der Waals surface area contributed by atoms with E-state index in [2.05, 4.69) is 5.32 Å². The SMILES string of the molecule is CC(=O)NCCOCCOCCOCCOCCC(=O)ON1C(=O)CCC1=O. The molecule has 1 rings (SSSR count). The summed E-state index contributed by atoms with van der Waals surface area (Å²) >= 11 is 0. The summed E-state index contributed by atoms with van der Waals surface area (Å²) in [6, 6.07) is 0. The number of carbonyl (C=O) groups excluding carboxylic acids is 4. The molecule has 1 N–H and O–H groups in total. The lowest BCUT2D eigenvalue weighted by molar-refractivity contribution is -0.198. The Hall–Kier alpha value is -2.08. The van der Waals surface area contributed by atoms with Gasteiger partial charge in [-0.05, 0) is 0 Å². The summed E-state index contributed by atoms with van der Waals surface area (Å²) in [4.78, 5) is 49.4. The van der Waals surface area contributed by atoms with Gasteiger partial charge in [0.25, 0.3) is 11.8 Å². The largest absolute Gasteiger partial charge is 0.378 e. The van der Waals surface area contributed by atoms with Gasteiger partial charge >= 0.3 is 5.97 Å². The fourth-order valence-electron chi connectivity index (χ4n) is 2.02. The Bertz CT molecular complexity index is 497. The average molecular weight is 404 g/mol. The number of hydroxylamine groups is 2. The number of imide groups is 1. The van der Waals surface area contributed by atoms with E-state index in [0.29, 0.717) is 57.9 Å². The van der Waals surface area contributed by atoms with E-state index >= 15 is 0 Å². The standard InChI is InChI=1S/C17H28N2O9/c1-14(20)18-5-7-25-9-11-27-13-12-26-10-8-24-6-4-17(23)28-19-15(21)2-3-16(19)22/h2-13H2,1H3,(H,18,20). The van der Waals surface area contributed by atoms with E-state index in [9.17, 15) is 19.2 Å². The number of nitrogens with zero attached hydrogens (tertiary/aromatic N) is 1. The molecule has 3 amide bonds. The van der Waals surface area contributed by atoms with Gasteiger partial charge in [-0.2, -0.15) is 0 Å². The van der Waals surface area contributed by atoms with Crippen molar-refractivity contribution < 1.29 is 43.0 Å². The second-order valence-corrected chi connectivity index (χ2v) is 5.73. The lowest BCUT2D eigenvalue weighted by Gasteiger charge is -2.12. The molecule has 1 aliphatic rings. The van der Waals surface area contributed by atoms with Crippen molar-refractivity contribution in [3.8, 4) is 0 Å². The third-order valence-electron chi connectivity index (χ3n) is 3.39. The van der Waals surface area contributed by atoms with Gasteiger partial charge in [0.15, 0.2) is 0 Å². The third kappa shape index (κ3) is 11.6. The van der Waals surface area contributed by atoms with Crippen molar-refractivity contribution in [2.24, 2.45) is 0 Å². The Labute approximate surface area is 163 Å². The smallest absolute Gasteiger partial charge is 0.335 e. The normalized spacial score (nSPS) is 13.8. The number of carbonyl (C=O) groups is 4. The number of hydrogen-bond acceptors (Lipinski definition) is 9. The highest BCUT2D eigenvalue weighted by molar-refractivity contribution is 6.01. The molecule has 1 fully saturated rings. The molecular formula is C17H28N2O9. The van der Waals surface area contributed by atoms with Crippen LogP contribution in [0.1, 0.15) is 26.2 Å². The summed E-state index contributed by atoms with van der Waals surface area (Å²) in [7, 11) is 0. The maximum absolute atomic E-state index is 11.5. The van der Waals surface area contributed by atoms with E-state index in [1.54, 1.807) is 0 Å². The van der Waals surface area contributed by atoms with Gasteiger partial charge in [-0.1, -0.05) is 0 Å². The van der Waals surface area contributed by atoms with E-state index in [1.807, 2.05) is 0 Å². The summed E-state index contributed by atoms with van der Waals surface area (Å²) in [5.74, 6) is -1.80. The van der Waals surface area contributed by atoms with E-state index in [-0.39, 0.29) is 31.8 Å². The minimum Gasteiger partial charge on any atom is -0.378 e. The lowest BCUT2D eigenvalue weighted by atomic mass is 10.4. The summed E-state index contributed by atoms with van der Waals surface area (Å²) in [6.45, 7) is 4.79.